The second-order valence-electron chi connectivity index (χ2n) is 6.85. The fraction of sp³-hybridized carbons (Fsp3) is 0.286. The number of nitrogens with zero attached hydrogens (tertiary/aromatic N) is 1. The van der Waals surface area contributed by atoms with Gasteiger partial charge in [-0.3, -0.25) is 14.2 Å². The number of oxazole rings is 1. The van der Waals surface area contributed by atoms with Crippen molar-refractivity contribution >= 4 is 28.6 Å². The number of nitrogens with one attached hydrogen (secondary N) is 2. The Hall–Kier alpha value is -3.35. The van der Waals surface area contributed by atoms with E-state index < -0.39 is 5.76 Å². The van der Waals surface area contributed by atoms with Crippen LogP contribution in [0.2, 0.25) is 0 Å². The quantitative estimate of drug-likeness (QED) is 0.658. The lowest BCUT2D eigenvalue weighted by molar-refractivity contribution is -0.121. The third-order valence-electron chi connectivity index (χ3n) is 4.37. The number of amides is 2. The van der Waals surface area contributed by atoms with Crippen molar-refractivity contribution in [3.05, 3.63) is 64.6 Å². The van der Waals surface area contributed by atoms with Crippen LogP contribution in [-0.4, -0.2) is 16.4 Å². The van der Waals surface area contributed by atoms with Crippen molar-refractivity contribution in [1.82, 2.24) is 9.88 Å². The summed E-state index contributed by atoms with van der Waals surface area (Å²) in [6.45, 7) is 4.29. The van der Waals surface area contributed by atoms with E-state index in [-0.39, 0.29) is 30.7 Å². The van der Waals surface area contributed by atoms with Crippen molar-refractivity contribution in [2.75, 3.05) is 5.32 Å². The van der Waals surface area contributed by atoms with Gasteiger partial charge >= 0.3 is 5.76 Å². The number of benzene rings is 2. The van der Waals surface area contributed by atoms with Crippen LogP contribution in [0.1, 0.15) is 25.8 Å². The second kappa shape index (κ2) is 8.56. The summed E-state index contributed by atoms with van der Waals surface area (Å²) in [6, 6.07) is 14.4. The molecule has 1 aromatic heterocycles. The Balaban J connectivity index is 1.51. The van der Waals surface area contributed by atoms with Gasteiger partial charge in [0.1, 0.15) is 0 Å². The average Bonchev–Trinajstić information content (AvgIpc) is 3.00. The SMILES string of the molecule is CC(C)C(=O)Nc1ccc(CNC(=O)CCn2c(=O)oc3ccccc32)cc1. The maximum absolute atomic E-state index is 12.1. The zero-order valence-corrected chi connectivity index (χ0v) is 15.9. The van der Waals surface area contributed by atoms with Gasteiger partial charge in [-0.25, -0.2) is 4.79 Å². The zero-order valence-electron chi connectivity index (χ0n) is 15.9. The Kier molecular flexibility index (Phi) is 5.93. The summed E-state index contributed by atoms with van der Waals surface area (Å²) in [5, 5.41) is 5.66. The van der Waals surface area contributed by atoms with Gasteiger partial charge in [-0.2, -0.15) is 0 Å². The van der Waals surface area contributed by atoms with Crippen molar-refractivity contribution in [1.29, 1.82) is 0 Å². The summed E-state index contributed by atoms with van der Waals surface area (Å²) in [7, 11) is 0. The van der Waals surface area contributed by atoms with Crippen LogP contribution < -0.4 is 16.4 Å². The lowest BCUT2D eigenvalue weighted by atomic mass is 10.1. The van der Waals surface area contributed by atoms with Crippen molar-refractivity contribution < 1.29 is 14.0 Å². The zero-order chi connectivity index (χ0) is 20.1. The molecule has 1 heterocycles. The number of carbonyl (C=O) groups excluding carboxylic acids is 2. The molecular weight excluding hydrogens is 358 g/mol. The van der Waals surface area contributed by atoms with Crippen LogP contribution in [0, 0.1) is 5.92 Å². The molecule has 0 radical (unpaired) electrons. The molecule has 0 atom stereocenters. The van der Waals surface area contributed by atoms with Crippen molar-refractivity contribution in [3.8, 4) is 0 Å². The number of para-hydroxylation sites is 2. The summed E-state index contributed by atoms with van der Waals surface area (Å²) in [6.07, 6.45) is 0.173. The standard InChI is InChI=1S/C21H23N3O4/c1-14(2)20(26)23-16-9-7-15(8-10-16)13-22-19(25)11-12-24-17-5-3-4-6-18(17)28-21(24)27/h3-10,14H,11-13H2,1-2H3,(H,22,25)(H,23,26). The first kappa shape index (κ1) is 19.4. The second-order valence-corrected chi connectivity index (χ2v) is 6.85. The lowest BCUT2D eigenvalue weighted by Crippen LogP contribution is -2.25. The number of aromatic nitrogens is 1. The van der Waals surface area contributed by atoms with Crippen molar-refractivity contribution in [3.63, 3.8) is 0 Å². The minimum absolute atomic E-state index is 0.0388. The van der Waals surface area contributed by atoms with Crippen LogP contribution in [0.5, 0.6) is 0 Å². The number of fused-ring (bicyclic) bond motifs is 1. The lowest BCUT2D eigenvalue weighted by Gasteiger charge is -2.09. The number of rotatable bonds is 7. The summed E-state index contributed by atoms with van der Waals surface area (Å²) in [5.41, 5.74) is 2.83. The van der Waals surface area contributed by atoms with Crippen LogP contribution in [0.15, 0.2) is 57.7 Å². The van der Waals surface area contributed by atoms with Crippen LogP contribution in [-0.2, 0) is 22.7 Å². The summed E-state index contributed by atoms with van der Waals surface area (Å²) >= 11 is 0. The molecule has 0 aliphatic rings. The third kappa shape index (κ3) is 4.68. The predicted molar refractivity (Wildman–Crippen MR) is 107 cm³/mol. The molecule has 0 spiro atoms. The molecule has 0 saturated heterocycles. The molecule has 0 saturated carbocycles. The highest BCUT2D eigenvalue weighted by molar-refractivity contribution is 5.92. The monoisotopic (exact) mass is 381 g/mol. The van der Waals surface area contributed by atoms with Gasteiger partial charge in [-0.1, -0.05) is 38.1 Å². The van der Waals surface area contributed by atoms with Gasteiger partial charge in [0.25, 0.3) is 0 Å². The summed E-state index contributed by atoms with van der Waals surface area (Å²) in [5.74, 6) is -0.746. The van der Waals surface area contributed by atoms with E-state index in [2.05, 4.69) is 10.6 Å². The van der Waals surface area contributed by atoms with Gasteiger partial charge in [0.15, 0.2) is 5.58 Å². The van der Waals surface area contributed by atoms with Crippen molar-refractivity contribution in [2.45, 2.75) is 33.4 Å². The van der Waals surface area contributed by atoms with Crippen LogP contribution in [0.3, 0.4) is 0 Å². The van der Waals surface area contributed by atoms with Gasteiger partial charge in [0, 0.05) is 31.1 Å². The highest BCUT2D eigenvalue weighted by atomic mass is 16.4. The largest absolute Gasteiger partial charge is 0.419 e. The first-order chi connectivity index (χ1) is 13.4. The molecule has 7 heteroatoms. The van der Waals surface area contributed by atoms with Gasteiger partial charge in [0.05, 0.1) is 5.52 Å². The Labute approximate surface area is 162 Å². The molecule has 3 rings (SSSR count). The molecule has 0 bridgehead atoms. The highest BCUT2D eigenvalue weighted by Crippen LogP contribution is 2.13. The fourth-order valence-electron chi connectivity index (χ4n) is 2.72. The smallest absolute Gasteiger partial charge is 0.408 e. The van der Waals surface area contributed by atoms with E-state index >= 15 is 0 Å². The molecule has 0 aliphatic heterocycles. The van der Waals surface area contributed by atoms with Crippen molar-refractivity contribution in [2.24, 2.45) is 5.92 Å². The van der Waals surface area contributed by atoms with E-state index in [1.807, 2.05) is 32.0 Å². The summed E-state index contributed by atoms with van der Waals surface area (Å²) < 4.78 is 6.62. The molecule has 146 valence electrons. The van der Waals surface area contributed by atoms with E-state index in [4.69, 9.17) is 4.42 Å². The minimum Gasteiger partial charge on any atom is -0.408 e. The number of aryl methyl sites for hydroxylation is 1. The van der Waals surface area contributed by atoms with E-state index in [0.717, 1.165) is 11.3 Å². The Morgan fingerprint density at radius 3 is 2.50 bits per heavy atom. The number of hydrogen-bond donors (Lipinski definition) is 2. The van der Waals surface area contributed by atoms with Gasteiger partial charge in [0.2, 0.25) is 11.8 Å². The number of carbonyl (C=O) groups is 2. The number of anilines is 1. The minimum atomic E-state index is -0.465. The van der Waals surface area contributed by atoms with Gasteiger partial charge in [-0.05, 0) is 29.8 Å². The predicted octanol–water partition coefficient (Wildman–Crippen LogP) is 2.90. The van der Waals surface area contributed by atoms with E-state index in [0.29, 0.717) is 17.6 Å². The third-order valence-corrected chi connectivity index (χ3v) is 4.37. The Morgan fingerprint density at radius 1 is 1.07 bits per heavy atom. The van der Waals surface area contributed by atoms with Gasteiger partial charge < -0.3 is 15.1 Å². The Morgan fingerprint density at radius 2 is 1.79 bits per heavy atom. The molecular formula is C21H23N3O4. The van der Waals surface area contributed by atoms with Crippen LogP contribution >= 0.6 is 0 Å². The first-order valence-corrected chi connectivity index (χ1v) is 9.19. The molecule has 2 aromatic carbocycles. The van der Waals surface area contributed by atoms with E-state index in [9.17, 15) is 14.4 Å². The van der Waals surface area contributed by atoms with E-state index in [1.54, 1.807) is 30.3 Å². The maximum atomic E-state index is 12.1. The molecule has 28 heavy (non-hydrogen) atoms. The molecule has 2 amide bonds. The molecule has 0 aliphatic carbocycles. The molecule has 2 N–H and O–H groups in total. The fourth-order valence-corrected chi connectivity index (χ4v) is 2.72. The highest BCUT2D eigenvalue weighted by Gasteiger charge is 2.10. The normalized spacial score (nSPS) is 11.0. The molecule has 3 aromatic rings. The topological polar surface area (TPSA) is 93.3 Å². The first-order valence-electron chi connectivity index (χ1n) is 9.19. The molecule has 0 fully saturated rings. The van der Waals surface area contributed by atoms with Gasteiger partial charge in [-0.15, -0.1) is 0 Å². The summed E-state index contributed by atoms with van der Waals surface area (Å²) in [4.78, 5) is 35.7. The molecule has 0 unspecified atom stereocenters. The van der Waals surface area contributed by atoms with Crippen LogP contribution in [0.25, 0.3) is 11.1 Å². The maximum Gasteiger partial charge on any atom is 0.419 e. The Bertz CT molecular complexity index is 1030. The van der Waals surface area contributed by atoms with Crippen LogP contribution in [0.4, 0.5) is 5.69 Å². The molecule has 7 nitrogen and oxygen atoms in total. The average molecular weight is 381 g/mol. The van der Waals surface area contributed by atoms with E-state index in [1.165, 1.54) is 4.57 Å². The number of hydrogen-bond acceptors (Lipinski definition) is 4.